The first-order valence-corrected chi connectivity index (χ1v) is 10.0. The smallest absolute Gasteiger partial charge is 0.242 e. The number of amides is 2. The van der Waals surface area contributed by atoms with Gasteiger partial charge in [-0.1, -0.05) is 30.3 Å². The summed E-state index contributed by atoms with van der Waals surface area (Å²) in [5, 5.41) is 22.9. The van der Waals surface area contributed by atoms with Gasteiger partial charge >= 0.3 is 0 Å². The standard InChI is InChI=1S/C23H24N4O4/c24-13-18-6-8-20(9-7-18)26-10-11-27(22(29)16-26)15-21(28)25-14-19(23(30)31)12-17-4-2-1-3-5-17/h1-9,19H,10-12,14-16H2,(H,25,28)(H,30,31)/p-1. The van der Waals surface area contributed by atoms with E-state index in [2.05, 4.69) is 11.4 Å². The minimum Gasteiger partial charge on any atom is -0.550 e. The Labute approximate surface area is 180 Å². The summed E-state index contributed by atoms with van der Waals surface area (Å²) in [6.07, 6.45) is 0.256. The van der Waals surface area contributed by atoms with Crippen LogP contribution in [0, 0.1) is 17.2 Å². The predicted octanol–water partition coefficient (Wildman–Crippen LogP) is -0.0681. The van der Waals surface area contributed by atoms with Crippen molar-refractivity contribution in [1.29, 1.82) is 5.26 Å². The third-order valence-electron chi connectivity index (χ3n) is 5.22. The molecule has 1 heterocycles. The Bertz CT molecular complexity index is 969. The summed E-state index contributed by atoms with van der Waals surface area (Å²) in [7, 11) is 0. The fraction of sp³-hybridized carbons (Fsp3) is 0.304. The maximum absolute atomic E-state index is 12.5. The van der Waals surface area contributed by atoms with E-state index in [1.807, 2.05) is 35.2 Å². The molecule has 0 bridgehead atoms. The van der Waals surface area contributed by atoms with Gasteiger partial charge in [0.25, 0.3) is 0 Å². The van der Waals surface area contributed by atoms with Crippen molar-refractivity contribution in [3.8, 4) is 6.07 Å². The molecular weight excluding hydrogens is 396 g/mol. The summed E-state index contributed by atoms with van der Waals surface area (Å²) in [5.41, 5.74) is 2.24. The van der Waals surface area contributed by atoms with Crippen LogP contribution in [0.5, 0.6) is 0 Å². The number of carbonyl (C=O) groups is 3. The number of rotatable bonds is 8. The van der Waals surface area contributed by atoms with E-state index in [-0.39, 0.29) is 32.0 Å². The number of nitrogens with zero attached hydrogens (tertiary/aromatic N) is 3. The van der Waals surface area contributed by atoms with Crippen LogP contribution in [-0.2, 0) is 20.8 Å². The van der Waals surface area contributed by atoms with Crippen LogP contribution in [0.25, 0.3) is 0 Å². The van der Waals surface area contributed by atoms with Gasteiger partial charge in [0.1, 0.15) is 0 Å². The minimum absolute atomic E-state index is 0.0601. The van der Waals surface area contributed by atoms with Crippen molar-refractivity contribution in [3.05, 3.63) is 65.7 Å². The lowest BCUT2D eigenvalue weighted by Gasteiger charge is -2.35. The van der Waals surface area contributed by atoms with Crippen molar-refractivity contribution >= 4 is 23.5 Å². The van der Waals surface area contributed by atoms with Crippen LogP contribution in [0.4, 0.5) is 5.69 Å². The van der Waals surface area contributed by atoms with E-state index in [0.29, 0.717) is 18.7 Å². The molecule has 1 unspecified atom stereocenters. The van der Waals surface area contributed by atoms with Crippen molar-refractivity contribution < 1.29 is 19.5 Å². The molecule has 1 N–H and O–H groups in total. The number of carbonyl (C=O) groups excluding carboxylic acids is 3. The van der Waals surface area contributed by atoms with Gasteiger partial charge < -0.3 is 25.0 Å². The van der Waals surface area contributed by atoms with Crippen LogP contribution in [0.1, 0.15) is 11.1 Å². The summed E-state index contributed by atoms with van der Waals surface area (Å²) in [6.45, 7) is 0.885. The fourth-order valence-corrected chi connectivity index (χ4v) is 3.45. The molecule has 0 saturated carbocycles. The van der Waals surface area contributed by atoms with Crippen molar-refractivity contribution in [2.45, 2.75) is 6.42 Å². The molecule has 0 aromatic heterocycles. The van der Waals surface area contributed by atoms with Gasteiger partial charge in [0.15, 0.2) is 0 Å². The molecule has 3 rings (SSSR count). The van der Waals surface area contributed by atoms with Gasteiger partial charge in [-0.25, -0.2) is 0 Å². The van der Waals surface area contributed by atoms with Gasteiger partial charge in [-0.3, -0.25) is 9.59 Å². The number of carboxylic acid groups (broad SMARTS) is 1. The first-order chi connectivity index (χ1) is 15.0. The number of anilines is 1. The summed E-state index contributed by atoms with van der Waals surface area (Å²) in [4.78, 5) is 39.5. The molecule has 160 valence electrons. The summed E-state index contributed by atoms with van der Waals surface area (Å²) >= 11 is 0. The predicted molar refractivity (Wildman–Crippen MR) is 112 cm³/mol. The number of piperazine rings is 1. The second-order valence-corrected chi connectivity index (χ2v) is 7.41. The molecule has 1 aliphatic rings. The molecule has 8 heteroatoms. The van der Waals surface area contributed by atoms with Crippen LogP contribution in [-0.4, -0.2) is 55.4 Å². The normalized spacial score (nSPS) is 14.6. The molecule has 1 atom stereocenters. The molecule has 0 radical (unpaired) electrons. The van der Waals surface area contributed by atoms with E-state index in [4.69, 9.17) is 5.26 Å². The molecule has 1 saturated heterocycles. The second kappa shape index (κ2) is 10.3. The molecule has 8 nitrogen and oxygen atoms in total. The molecule has 2 aromatic rings. The molecule has 1 fully saturated rings. The molecule has 0 spiro atoms. The van der Waals surface area contributed by atoms with E-state index in [1.165, 1.54) is 4.90 Å². The number of hydrogen-bond acceptors (Lipinski definition) is 6. The summed E-state index contributed by atoms with van der Waals surface area (Å²) in [5.74, 6) is -2.67. The van der Waals surface area contributed by atoms with E-state index in [9.17, 15) is 19.5 Å². The van der Waals surface area contributed by atoms with Crippen molar-refractivity contribution in [3.63, 3.8) is 0 Å². The molecule has 2 aromatic carbocycles. The highest BCUT2D eigenvalue weighted by Crippen LogP contribution is 2.17. The van der Waals surface area contributed by atoms with E-state index in [0.717, 1.165) is 11.3 Å². The SMILES string of the molecule is N#Cc1ccc(N2CCN(CC(=O)NCC(Cc3ccccc3)C(=O)[O-])C(=O)C2)cc1. The Hall–Kier alpha value is -3.86. The lowest BCUT2D eigenvalue weighted by Crippen LogP contribution is -2.53. The van der Waals surface area contributed by atoms with Crippen molar-refractivity contribution in [2.24, 2.45) is 5.92 Å². The van der Waals surface area contributed by atoms with Gasteiger partial charge in [-0.05, 0) is 36.2 Å². The number of nitrogens with one attached hydrogen (secondary N) is 1. The minimum atomic E-state index is -1.23. The topological polar surface area (TPSA) is 117 Å². The van der Waals surface area contributed by atoms with Crippen LogP contribution < -0.4 is 15.3 Å². The highest BCUT2D eigenvalue weighted by Gasteiger charge is 2.26. The highest BCUT2D eigenvalue weighted by atomic mass is 16.4. The molecule has 1 aliphatic heterocycles. The van der Waals surface area contributed by atoms with Crippen LogP contribution in [0.2, 0.25) is 0 Å². The second-order valence-electron chi connectivity index (χ2n) is 7.41. The quantitative estimate of drug-likeness (QED) is 0.640. The van der Waals surface area contributed by atoms with E-state index >= 15 is 0 Å². The Kier molecular flexibility index (Phi) is 7.22. The number of carboxylic acids is 1. The molecule has 2 amide bonds. The van der Waals surface area contributed by atoms with Gasteiger partial charge in [0, 0.05) is 37.2 Å². The molecule has 31 heavy (non-hydrogen) atoms. The third-order valence-corrected chi connectivity index (χ3v) is 5.22. The Morgan fingerprint density at radius 3 is 2.42 bits per heavy atom. The first-order valence-electron chi connectivity index (χ1n) is 10.0. The Morgan fingerprint density at radius 1 is 1.10 bits per heavy atom. The fourth-order valence-electron chi connectivity index (χ4n) is 3.45. The first kappa shape index (κ1) is 21.8. The lowest BCUT2D eigenvalue weighted by atomic mass is 9.99. The van der Waals surface area contributed by atoms with Gasteiger partial charge in [-0.2, -0.15) is 5.26 Å². The van der Waals surface area contributed by atoms with Crippen molar-refractivity contribution in [2.75, 3.05) is 37.6 Å². The van der Waals surface area contributed by atoms with E-state index in [1.54, 1.807) is 24.3 Å². The largest absolute Gasteiger partial charge is 0.550 e. The maximum Gasteiger partial charge on any atom is 0.242 e. The monoisotopic (exact) mass is 419 g/mol. The number of hydrogen-bond donors (Lipinski definition) is 1. The molecular formula is C23H23N4O4-. The number of aliphatic carboxylic acids is 1. The lowest BCUT2D eigenvalue weighted by molar-refractivity contribution is -0.311. The van der Waals surface area contributed by atoms with Gasteiger partial charge in [-0.15, -0.1) is 0 Å². The highest BCUT2D eigenvalue weighted by molar-refractivity contribution is 5.88. The number of benzene rings is 2. The summed E-state index contributed by atoms with van der Waals surface area (Å²) < 4.78 is 0. The zero-order valence-corrected chi connectivity index (χ0v) is 17.0. The summed E-state index contributed by atoms with van der Waals surface area (Å²) in [6, 6.07) is 18.2. The maximum atomic E-state index is 12.5. The zero-order valence-electron chi connectivity index (χ0n) is 17.0. The average Bonchev–Trinajstić information content (AvgIpc) is 2.78. The Balaban J connectivity index is 1.48. The van der Waals surface area contributed by atoms with Crippen molar-refractivity contribution in [1.82, 2.24) is 10.2 Å². The average molecular weight is 419 g/mol. The van der Waals surface area contributed by atoms with Gasteiger partial charge in [0.05, 0.1) is 24.7 Å². The molecule has 0 aliphatic carbocycles. The zero-order chi connectivity index (χ0) is 22.2. The number of nitriles is 1. The third kappa shape index (κ3) is 6.06. The Morgan fingerprint density at radius 2 is 1.81 bits per heavy atom. The van der Waals surface area contributed by atoms with Crippen LogP contribution in [0.15, 0.2) is 54.6 Å². The van der Waals surface area contributed by atoms with Gasteiger partial charge in [0.2, 0.25) is 11.8 Å². The van der Waals surface area contributed by atoms with Crippen LogP contribution in [0.3, 0.4) is 0 Å². The van der Waals surface area contributed by atoms with Crippen LogP contribution >= 0.6 is 0 Å². The van der Waals surface area contributed by atoms with E-state index < -0.39 is 17.8 Å².